The van der Waals surface area contributed by atoms with Gasteiger partial charge in [-0.15, -0.1) is 0 Å². The third-order valence-electron chi connectivity index (χ3n) is 3.35. The Morgan fingerprint density at radius 2 is 1.82 bits per heavy atom. The molecule has 0 fully saturated rings. The van der Waals surface area contributed by atoms with Crippen molar-refractivity contribution in [1.82, 2.24) is 4.68 Å². The largest absolute Gasteiger partial charge is 0.274 e. The van der Waals surface area contributed by atoms with Crippen LogP contribution in [0.5, 0.6) is 0 Å². The summed E-state index contributed by atoms with van der Waals surface area (Å²) in [5.41, 5.74) is 5.23. The van der Waals surface area contributed by atoms with Crippen LogP contribution in [0, 0.1) is 10.1 Å². The van der Waals surface area contributed by atoms with Crippen LogP contribution < -0.4 is 5.43 Å². The molecule has 0 aliphatic heterocycles. The van der Waals surface area contributed by atoms with Crippen molar-refractivity contribution in [1.29, 1.82) is 0 Å². The standard InChI is InChI=1S/C16H13N3O3/c1-11(20)17-18-15-5-3-2-4-13(15)10-16(18)12-6-8-14(9-7-12)19(21)22/h2-10H,1H3,(H,17,20). The van der Waals surface area contributed by atoms with Gasteiger partial charge in [-0.1, -0.05) is 18.2 Å². The zero-order valence-electron chi connectivity index (χ0n) is 11.8. The number of carbonyl (C=O) groups excluding carboxylic acids is 1. The minimum absolute atomic E-state index is 0.0333. The van der Waals surface area contributed by atoms with Gasteiger partial charge in [0.2, 0.25) is 5.91 Å². The Morgan fingerprint density at radius 3 is 2.45 bits per heavy atom. The van der Waals surface area contributed by atoms with E-state index in [4.69, 9.17) is 0 Å². The second-order valence-electron chi connectivity index (χ2n) is 4.90. The lowest BCUT2D eigenvalue weighted by Gasteiger charge is -2.10. The predicted molar refractivity (Wildman–Crippen MR) is 84.1 cm³/mol. The molecule has 0 aliphatic rings. The summed E-state index contributed by atoms with van der Waals surface area (Å²) in [5, 5.41) is 11.7. The molecular weight excluding hydrogens is 282 g/mol. The average molecular weight is 295 g/mol. The molecule has 6 heteroatoms. The molecule has 0 atom stereocenters. The molecule has 0 unspecified atom stereocenters. The third-order valence-corrected chi connectivity index (χ3v) is 3.35. The lowest BCUT2D eigenvalue weighted by molar-refractivity contribution is -0.384. The highest BCUT2D eigenvalue weighted by atomic mass is 16.6. The first-order chi connectivity index (χ1) is 10.6. The lowest BCUT2D eigenvalue weighted by atomic mass is 10.1. The number of hydrogen-bond acceptors (Lipinski definition) is 3. The maximum absolute atomic E-state index is 11.5. The summed E-state index contributed by atoms with van der Waals surface area (Å²) >= 11 is 0. The zero-order chi connectivity index (χ0) is 15.7. The van der Waals surface area contributed by atoms with E-state index < -0.39 is 4.92 Å². The normalized spacial score (nSPS) is 10.6. The quantitative estimate of drug-likeness (QED) is 0.595. The van der Waals surface area contributed by atoms with E-state index in [-0.39, 0.29) is 11.6 Å². The van der Waals surface area contributed by atoms with Crippen LogP contribution in [-0.2, 0) is 4.79 Å². The minimum Gasteiger partial charge on any atom is -0.274 e. The van der Waals surface area contributed by atoms with E-state index in [1.165, 1.54) is 19.1 Å². The van der Waals surface area contributed by atoms with E-state index in [1.807, 2.05) is 30.3 Å². The number of nitro groups is 1. The first kappa shape index (κ1) is 13.8. The molecule has 22 heavy (non-hydrogen) atoms. The second kappa shape index (κ2) is 5.33. The van der Waals surface area contributed by atoms with Crippen LogP contribution in [0.3, 0.4) is 0 Å². The SMILES string of the molecule is CC(=O)Nn1c(-c2ccc([N+](=O)[O-])cc2)cc2ccccc21. The summed E-state index contributed by atoms with van der Waals surface area (Å²) in [6.07, 6.45) is 0. The maximum atomic E-state index is 11.5. The summed E-state index contributed by atoms with van der Waals surface area (Å²) in [4.78, 5) is 21.8. The van der Waals surface area contributed by atoms with Crippen molar-refractivity contribution < 1.29 is 9.72 Å². The lowest BCUT2D eigenvalue weighted by Crippen LogP contribution is -2.20. The number of hydrogen-bond donors (Lipinski definition) is 1. The number of nitrogens with zero attached hydrogens (tertiary/aromatic N) is 2. The number of aromatic nitrogens is 1. The Kier molecular flexibility index (Phi) is 3.34. The summed E-state index contributed by atoms with van der Waals surface area (Å²) in [5.74, 6) is -0.190. The minimum atomic E-state index is -0.437. The van der Waals surface area contributed by atoms with E-state index >= 15 is 0 Å². The molecule has 0 bridgehead atoms. The zero-order valence-corrected chi connectivity index (χ0v) is 11.8. The predicted octanol–water partition coefficient (Wildman–Crippen LogP) is 3.31. The van der Waals surface area contributed by atoms with Gasteiger partial charge in [0.25, 0.3) is 5.69 Å². The second-order valence-corrected chi connectivity index (χ2v) is 4.90. The van der Waals surface area contributed by atoms with Crippen LogP contribution in [0.2, 0.25) is 0 Å². The van der Waals surface area contributed by atoms with E-state index in [2.05, 4.69) is 5.43 Å². The molecule has 1 N–H and O–H groups in total. The Labute approximate surface area is 126 Å². The Balaban J connectivity index is 2.16. The fraction of sp³-hybridized carbons (Fsp3) is 0.0625. The van der Waals surface area contributed by atoms with Crippen molar-refractivity contribution in [2.75, 3.05) is 5.43 Å². The average Bonchev–Trinajstić information content (AvgIpc) is 2.86. The topological polar surface area (TPSA) is 77.2 Å². The molecule has 1 amide bonds. The number of fused-ring (bicyclic) bond motifs is 1. The molecule has 1 aromatic heterocycles. The highest BCUT2D eigenvalue weighted by Crippen LogP contribution is 2.28. The molecule has 0 radical (unpaired) electrons. The number of nitro benzene ring substituents is 1. The monoisotopic (exact) mass is 295 g/mol. The van der Waals surface area contributed by atoms with Gasteiger partial charge < -0.3 is 0 Å². The molecule has 0 saturated carbocycles. The number of non-ortho nitro benzene ring substituents is 1. The van der Waals surface area contributed by atoms with E-state index in [0.717, 1.165) is 22.2 Å². The summed E-state index contributed by atoms with van der Waals surface area (Å²) < 4.78 is 1.69. The van der Waals surface area contributed by atoms with Gasteiger partial charge in [0.05, 0.1) is 16.1 Å². The van der Waals surface area contributed by atoms with Crippen molar-refractivity contribution in [3.8, 4) is 11.3 Å². The molecule has 0 aliphatic carbocycles. The Bertz CT molecular complexity index is 866. The summed E-state index contributed by atoms with van der Waals surface area (Å²) in [6.45, 7) is 1.44. The number of amides is 1. The van der Waals surface area contributed by atoms with Crippen LogP contribution in [-0.4, -0.2) is 15.5 Å². The molecule has 0 spiro atoms. The Hall–Kier alpha value is -3.15. The van der Waals surface area contributed by atoms with Gasteiger partial charge >= 0.3 is 0 Å². The van der Waals surface area contributed by atoms with Crippen LogP contribution >= 0.6 is 0 Å². The van der Waals surface area contributed by atoms with Gasteiger partial charge in [-0.3, -0.25) is 25.0 Å². The van der Waals surface area contributed by atoms with Crippen molar-refractivity contribution >= 4 is 22.5 Å². The van der Waals surface area contributed by atoms with Gasteiger partial charge in [-0.05, 0) is 24.3 Å². The van der Waals surface area contributed by atoms with Crippen molar-refractivity contribution in [2.45, 2.75) is 6.92 Å². The van der Waals surface area contributed by atoms with Crippen molar-refractivity contribution in [2.24, 2.45) is 0 Å². The number of rotatable bonds is 3. The molecule has 6 nitrogen and oxygen atoms in total. The Morgan fingerprint density at radius 1 is 1.14 bits per heavy atom. The molecule has 110 valence electrons. The first-order valence-corrected chi connectivity index (χ1v) is 6.69. The maximum Gasteiger partial charge on any atom is 0.269 e. The third kappa shape index (κ3) is 2.42. The number of para-hydroxylation sites is 1. The highest BCUT2D eigenvalue weighted by molar-refractivity contribution is 5.91. The molecule has 3 aromatic rings. The van der Waals surface area contributed by atoms with Crippen LogP contribution in [0.1, 0.15) is 6.92 Å². The van der Waals surface area contributed by atoms with E-state index in [0.29, 0.717) is 0 Å². The first-order valence-electron chi connectivity index (χ1n) is 6.69. The van der Waals surface area contributed by atoms with Crippen LogP contribution in [0.15, 0.2) is 54.6 Å². The van der Waals surface area contributed by atoms with E-state index in [1.54, 1.807) is 16.8 Å². The van der Waals surface area contributed by atoms with Gasteiger partial charge in [0.1, 0.15) is 0 Å². The molecule has 2 aromatic carbocycles. The fourth-order valence-electron chi connectivity index (χ4n) is 2.40. The van der Waals surface area contributed by atoms with Gasteiger partial charge in [0, 0.05) is 30.0 Å². The number of nitrogens with one attached hydrogen (secondary N) is 1. The summed E-state index contributed by atoms with van der Waals surface area (Å²) in [6, 6.07) is 15.8. The summed E-state index contributed by atoms with van der Waals surface area (Å²) in [7, 11) is 0. The van der Waals surface area contributed by atoms with Crippen LogP contribution in [0.4, 0.5) is 5.69 Å². The molecule has 1 heterocycles. The van der Waals surface area contributed by atoms with Crippen LogP contribution in [0.25, 0.3) is 22.2 Å². The smallest absolute Gasteiger partial charge is 0.269 e. The van der Waals surface area contributed by atoms with Gasteiger partial charge in [0.15, 0.2) is 0 Å². The van der Waals surface area contributed by atoms with Gasteiger partial charge in [-0.25, -0.2) is 0 Å². The molecule has 0 saturated heterocycles. The molecular formula is C16H13N3O3. The van der Waals surface area contributed by atoms with Gasteiger partial charge in [-0.2, -0.15) is 0 Å². The van der Waals surface area contributed by atoms with Crippen molar-refractivity contribution in [3.05, 3.63) is 64.7 Å². The number of carbonyl (C=O) groups is 1. The highest BCUT2D eigenvalue weighted by Gasteiger charge is 2.13. The van der Waals surface area contributed by atoms with E-state index in [9.17, 15) is 14.9 Å². The fourth-order valence-corrected chi connectivity index (χ4v) is 2.40. The number of benzene rings is 2. The van der Waals surface area contributed by atoms with Crippen molar-refractivity contribution in [3.63, 3.8) is 0 Å². The molecule has 3 rings (SSSR count).